The van der Waals surface area contributed by atoms with Crippen molar-refractivity contribution in [1.29, 1.82) is 0 Å². The van der Waals surface area contributed by atoms with Gasteiger partial charge >= 0.3 is 0 Å². The van der Waals surface area contributed by atoms with Crippen LogP contribution in [0.1, 0.15) is 29.0 Å². The minimum absolute atomic E-state index is 0.0296. The average Bonchev–Trinajstić information content (AvgIpc) is 2.88. The molecule has 106 valence electrons. The fourth-order valence-electron chi connectivity index (χ4n) is 1.64. The normalized spacial score (nSPS) is 10.6. The van der Waals surface area contributed by atoms with E-state index in [0.717, 1.165) is 18.2 Å². The van der Waals surface area contributed by atoms with Crippen LogP contribution in [0.5, 0.6) is 0 Å². The Labute approximate surface area is 114 Å². The van der Waals surface area contributed by atoms with E-state index in [1.54, 1.807) is 0 Å². The molecule has 0 saturated carbocycles. The summed E-state index contributed by atoms with van der Waals surface area (Å²) in [6.45, 7) is 1.90. The van der Waals surface area contributed by atoms with Crippen LogP contribution >= 0.6 is 0 Å². The molecule has 20 heavy (non-hydrogen) atoms. The molecule has 0 unspecified atom stereocenters. The number of carbonyl (C=O) groups is 1. The number of aryl methyl sites for hydroxylation is 1. The number of hydrogen-bond acceptors (Lipinski definition) is 4. The summed E-state index contributed by atoms with van der Waals surface area (Å²) in [6, 6.07) is 2.73. The second kappa shape index (κ2) is 5.77. The van der Waals surface area contributed by atoms with Crippen LogP contribution in [-0.4, -0.2) is 28.0 Å². The van der Waals surface area contributed by atoms with Gasteiger partial charge in [0, 0.05) is 13.5 Å². The SMILES string of the molecule is CCc1noc(CN(C)C(=O)c2cc(F)ccc2F)n1. The fraction of sp³-hybridized carbons (Fsp3) is 0.308. The maximum absolute atomic E-state index is 13.5. The van der Waals surface area contributed by atoms with Crippen molar-refractivity contribution in [2.45, 2.75) is 19.9 Å². The molecule has 0 aliphatic heterocycles. The summed E-state index contributed by atoms with van der Waals surface area (Å²) < 4.78 is 31.5. The Morgan fingerprint density at radius 1 is 1.40 bits per heavy atom. The van der Waals surface area contributed by atoms with Gasteiger partial charge in [-0.3, -0.25) is 4.79 Å². The molecule has 5 nitrogen and oxygen atoms in total. The maximum atomic E-state index is 13.5. The van der Waals surface area contributed by atoms with Crippen LogP contribution in [0.2, 0.25) is 0 Å². The Hall–Kier alpha value is -2.31. The first-order chi connectivity index (χ1) is 9.51. The predicted octanol–water partition coefficient (Wildman–Crippen LogP) is 2.18. The highest BCUT2D eigenvalue weighted by Gasteiger charge is 2.19. The van der Waals surface area contributed by atoms with Crippen molar-refractivity contribution in [2.24, 2.45) is 0 Å². The minimum Gasteiger partial charge on any atom is -0.337 e. The van der Waals surface area contributed by atoms with Gasteiger partial charge in [0.2, 0.25) is 5.89 Å². The van der Waals surface area contributed by atoms with Crippen molar-refractivity contribution in [2.75, 3.05) is 7.05 Å². The van der Waals surface area contributed by atoms with Gasteiger partial charge in [0.25, 0.3) is 5.91 Å². The lowest BCUT2D eigenvalue weighted by Crippen LogP contribution is -2.27. The molecule has 1 amide bonds. The standard InChI is InChI=1S/C13H13F2N3O2/c1-3-11-16-12(20-17-11)7-18(2)13(19)9-6-8(14)4-5-10(9)15/h4-6H,3,7H2,1-2H3. The zero-order valence-corrected chi connectivity index (χ0v) is 11.1. The van der Waals surface area contributed by atoms with E-state index in [1.807, 2.05) is 6.92 Å². The Kier molecular flexibility index (Phi) is 4.07. The molecule has 0 aliphatic rings. The molecular weight excluding hydrogens is 268 g/mol. The first-order valence-corrected chi connectivity index (χ1v) is 6.03. The van der Waals surface area contributed by atoms with E-state index in [-0.39, 0.29) is 18.0 Å². The second-order valence-electron chi connectivity index (χ2n) is 4.24. The molecule has 0 saturated heterocycles. The smallest absolute Gasteiger partial charge is 0.257 e. The third-order valence-corrected chi connectivity index (χ3v) is 2.70. The van der Waals surface area contributed by atoms with Crippen LogP contribution in [-0.2, 0) is 13.0 Å². The number of rotatable bonds is 4. The molecule has 1 aromatic carbocycles. The summed E-state index contributed by atoms with van der Waals surface area (Å²) in [5.41, 5.74) is -0.331. The van der Waals surface area contributed by atoms with Gasteiger partial charge < -0.3 is 9.42 Å². The summed E-state index contributed by atoms with van der Waals surface area (Å²) in [6.07, 6.45) is 0.611. The van der Waals surface area contributed by atoms with Crippen LogP contribution in [0, 0.1) is 11.6 Å². The van der Waals surface area contributed by atoms with Gasteiger partial charge in [-0.05, 0) is 18.2 Å². The highest BCUT2D eigenvalue weighted by atomic mass is 19.1. The molecule has 1 heterocycles. The minimum atomic E-state index is -0.775. The van der Waals surface area contributed by atoms with E-state index in [0.29, 0.717) is 12.2 Å². The van der Waals surface area contributed by atoms with Crippen LogP contribution in [0.3, 0.4) is 0 Å². The molecule has 1 aromatic heterocycles. The molecule has 2 aromatic rings. The van der Waals surface area contributed by atoms with E-state index < -0.39 is 17.5 Å². The number of hydrogen-bond donors (Lipinski definition) is 0. The predicted molar refractivity (Wildman–Crippen MR) is 65.8 cm³/mol. The maximum Gasteiger partial charge on any atom is 0.257 e. The molecule has 0 bridgehead atoms. The van der Waals surface area contributed by atoms with Gasteiger partial charge in [0.15, 0.2) is 5.82 Å². The molecule has 0 spiro atoms. The zero-order chi connectivity index (χ0) is 14.7. The molecule has 0 N–H and O–H groups in total. The molecule has 0 aliphatic carbocycles. The lowest BCUT2D eigenvalue weighted by molar-refractivity contribution is 0.0764. The van der Waals surface area contributed by atoms with E-state index in [1.165, 1.54) is 11.9 Å². The summed E-state index contributed by atoms with van der Waals surface area (Å²) in [4.78, 5) is 17.3. The van der Waals surface area contributed by atoms with Gasteiger partial charge in [-0.25, -0.2) is 8.78 Å². The molecule has 0 radical (unpaired) electrons. The lowest BCUT2D eigenvalue weighted by Gasteiger charge is -2.15. The number of halogens is 2. The van der Waals surface area contributed by atoms with E-state index >= 15 is 0 Å². The number of nitrogens with zero attached hydrogens (tertiary/aromatic N) is 3. The fourth-order valence-corrected chi connectivity index (χ4v) is 1.64. The molecule has 0 fully saturated rings. The van der Waals surface area contributed by atoms with Crippen molar-refractivity contribution in [3.63, 3.8) is 0 Å². The Balaban J connectivity index is 2.14. The van der Waals surface area contributed by atoms with Gasteiger partial charge in [-0.2, -0.15) is 4.98 Å². The molecule has 7 heteroatoms. The summed E-state index contributed by atoms with van der Waals surface area (Å²) in [5.74, 6) is -1.33. The van der Waals surface area contributed by atoms with Crippen LogP contribution in [0.4, 0.5) is 8.78 Å². The van der Waals surface area contributed by atoms with Crippen molar-refractivity contribution < 1.29 is 18.1 Å². The molecular formula is C13H13F2N3O2. The highest BCUT2D eigenvalue weighted by molar-refractivity contribution is 5.94. The van der Waals surface area contributed by atoms with Gasteiger partial charge in [0.1, 0.15) is 11.6 Å². The topological polar surface area (TPSA) is 59.2 Å². The third-order valence-electron chi connectivity index (χ3n) is 2.70. The quantitative estimate of drug-likeness (QED) is 0.862. The Morgan fingerprint density at radius 2 is 2.15 bits per heavy atom. The van der Waals surface area contributed by atoms with E-state index in [2.05, 4.69) is 10.1 Å². The Bertz CT molecular complexity index is 628. The van der Waals surface area contributed by atoms with Crippen LogP contribution < -0.4 is 0 Å². The second-order valence-corrected chi connectivity index (χ2v) is 4.24. The summed E-state index contributed by atoms with van der Waals surface area (Å²) in [5, 5.41) is 3.69. The lowest BCUT2D eigenvalue weighted by atomic mass is 10.2. The van der Waals surface area contributed by atoms with Crippen molar-refractivity contribution in [1.82, 2.24) is 15.0 Å². The first-order valence-electron chi connectivity index (χ1n) is 6.03. The van der Waals surface area contributed by atoms with E-state index in [9.17, 15) is 13.6 Å². The molecule has 0 atom stereocenters. The highest BCUT2D eigenvalue weighted by Crippen LogP contribution is 2.13. The number of amides is 1. The molecule has 2 rings (SSSR count). The summed E-state index contributed by atoms with van der Waals surface area (Å²) in [7, 11) is 1.45. The van der Waals surface area contributed by atoms with Gasteiger partial charge in [-0.15, -0.1) is 0 Å². The summed E-state index contributed by atoms with van der Waals surface area (Å²) >= 11 is 0. The third kappa shape index (κ3) is 2.98. The number of benzene rings is 1. The van der Waals surface area contributed by atoms with Crippen molar-refractivity contribution >= 4 is 5.91 Å². The van der Waals surface area contributed by atoms with Gasteiger partial charge in [0.05, 0.1) is 12.1 Å². The number of aromatic nitrogens is 2. The largest absolute Gasteiger partial charge is 0.337 e. The zero-order valence-electron chi connectivity index (χ0n) is 11.1. The van der Waals surface area contributed by atoms with Crippen LogP contribution in [0.25, 0.3) is 0 Å². The van der Waals surface area contributed by atoms with Crippen molar-refractivity contribution in [3.05, 3.63) is 47.1 Å². The monoisotopic (exact) mass is 281 g/mol. The first kappa shape index (κ1) is 14.1. The number of carbonyl (C=O) groups excluding carboxylic acids is 1. The average molecular weight is 281 g/mol. The van der Waals surface area contributed by atoms with Gasteiger partial charge in [-0.1, -0.05) is 12.1 Å². The van der Waals surface area contributed by atoms with Crippen molar-refractivity contribution in [3.8, 4) is 0 Å². The van der Waals surface area contributed by atoms with E-state index in [4.69, 9.17) is 4.52 Å². The van der Waals surface area contributed by atoms with Crippen LogP contribution in [0.15, 0.2) is 22.7 Å². The Morgan fingerprint density at radius 3 is 2.80 bits per heavy atom.